The Labute approximate surface area is 125 Å². The van der Waals surface area contributed by atoms with Crippen LogP contribution in [0.3, 0.4) is 0 Å². The lowest BCUT2D eigenvalue weighted by Gasteiger charge is -2.05. The van der Waals surface area contributed by atoms with Gasteiger partial charge in [0.25, 0.3) is 0 Å². The van der Waals surface area contributed by atoms with E-state index >= 15 is 0 Å². The van der Waals surface area contributed by atoms with Crippen LogP contribution >= 0.6 is 0 Å². The van der Waals surface area contributed by atoms with Crippen molar-refractivity contribution in [2.45, 2.75) is 32.6 Å². The van der Waals surface area contributed by atoms with Gasteiger partial charge < -0.3 is 0 Å². The van der Waals surface area contributed by atoms with Crippen LogP contribution in [-0.4, -0.2) is 12.6 Å². The maximum Gasteiger partial charge on any atom is 0.151 e. The zero-order valence-electron chi connectivity index (χ0n) is 12.3. The van der Waals surface area contributed by atoms with Crippen molar-refractivity contribution < 1.29 is 9.59 Å². The Balaban J connectivity index is 2.31. The van der Waals surface area contributed by atoms with E-state index in [1.165, 1.54) is 19.3 Å². The summed E-state index contributed by atoms with van der Waals surface area (Å²) in [5, 5.41) is 1.82. The summed E-state index contributed by atoms with van der Waals surface area (Å²) >= 11 is 0. The molecular weight excluding hydrogens is 260 g/mol. The largest absolute Gasteiger partial charge is 0.298 e. The zero-order chi connectivity index (χ0) is 15.1. The second-order valence-corrected chi connectivity index (χ2v) is 5.18. The molecule has 108 valence electrons. The molecule has 0 saturated carbocycles. The highest BCUT2D eigenvalue weighted by atomic mass is 16.1. The fourth-order valence-corrected chi connectivity index (χ4v) is 2.45. The van der Waals surface area contributed by atoms with Crippen molar-refractivity contribution in [1.82, 2.24) is 0 Å². The quantitative estimate of drug-likeness (QED) is 0.525. The van der Waals surface area contributed by atoms with Crippen LogP contribution in [0.5, 0.6) is 0 Å². The summed E-state index contributed by atoms with van der Waals surface area (Å²) in [5.41, 5.74) is 1.98. The molecule has 0 spiro atoms. The summed E-state index contributed by atoms with van der Waals surface area (Å²) in [4.78, 5) is 22.3. The predicted molar refractivity (Wildman–Crippen MR) is 87.9 cm³/mol. The minimum absolute atomic E-state index is 0.446. The number of hydrogen-bond donors (Lipinski definition) is 0. The minimum Gasteiger partial charge on any atom is -0.298 e. The summed E-state index contributed by atoms with van der Waals surface area (Å²) in [7, 11) is 0. The summed E-state index contributed by atoms with van der Waals surface area (Å²) in [6.45, 7) is 2.19. The highest BCUT2D eigenvalue weighted by Crippen LogP contribution is 2.22. The van der Waals surface area contributed by atoms with E-state index in [1.54, 1.807) is 6.07 Å². The Kier molecular flexibility index (Phi) is 5.44. The molecule has 2 heteroatoms. The zero-order valence-corrected chi connectivity index (χ0v) is 12.3. The van der Waals surface area contributed by atoms with Gasteiger partial charge in [-0.25, -0.2) is 0 Å². The van der Waals surface area contributed by atoms with E-state index in [0.29, 0.717) is 11.1 Å². The van der Waals surface area contributed by atoms with Gasteiger partial charge in [0, 0.05) is 11.1 Å². The molecule has 2 nitrogen and oxygen atoms in total. The maximum atomic E-state index is 11.3. The van der Waals surface area contributed by atoms with Gasteiger partial charge in [-0.3, -0.25) is 9.59 Å². The molecule has 0 aliphatic heterocycles. The number of hydrogen-bond acceptors (Lipinski definition) is 2. The molecule has 0 aliphatic rings. The average molecular weight is 280 g/mol. The Morgan fingerprint density at radius 1 is 1.00 bits per heavy atom. The van der Waals surface area contributed by atoms with Gasteiger partial charge in [0.05, 0.1) is 0 Å². The van der Waals surface area contributed by atoms with Gasteiger partial charge in [0.1, 0.15) is 0 Å². The van der Waals surface area contributed by atoms with Gasteiger partial charge in [-0.1, -0.05) is 56.2 Å². The van der Waals surface area contributed by atoms with Crippen LogP contribution in [-0.2, 0) is 0 Å². The molecule has 2 aromatic rings. The van der Waals surface area contributed by atoms with Crippen molar-refractivity contribution in [3.05, 3.63) is 53.1 Å². The third-order valence-electron chi connectivity index (χ3n) is 3.65. The molecule has 0 aliphatic carbocycles. The number of allylic oxidation sites excluding steroid dienone is 1. The summed E-state index contributed by atoms with van der Waals surface area (Å²) in [5.74, 6) is 0. The fraction of sp³-hybridized carbons (Fsp3) is 0.263. The summed E-state index contributed by atoms with van der Waals surface area (Å²) < 4.78 is 0. The number of fused-ring (bicyclic) bond motifs is 1. The number of unbranched alkanes of at least 4 members (excludes halogenated alkanes) is 3. The minimum atomic E-state index is 0.446. The molecule has 0 unspecified atom stereocenters. The fourth-order valence-electron chi connectivity index (χ4n) is 2.45. The van der Waals surface area contributed by atoms with Crippen LogP contribution in [0.4, 0.5) is 0 Å². The normalized spacial score (nSPS) is 11.1. The van der Waals surface area contributed by atoms with Crippen molar-refractivity contribution in [2.24, 2.45) is 0 Å². The smallest absolute Gasteiger partial charge is 0.151 e. The molecule has 2 rings (SSSR count). The van der Waals surface area contributed by atoms with Crippen LogP contribution in [0.2, 0.25) is 0 Å². The Bertz CT molecular complexity index is 669. The molecule has 0 heterocycles. The number of carbonyl (C=O) groups excluding carboxylic acids is 2. The molecule has 0 bridgehead atoms. The summed E-state index contributed by atoms with van der Waals surface area (Å²) in [6.07, 6.45) is 10.5. The molecule has 2 aromatic carbocycles. The Hall–Kier alpha value is -2.22. The Morgan fingerprint density at radius 2 is 1.81 bits per heavy atom. The van der Waals surface area contributed by atoms with E-state index in [2.05, 4.69) is 19.1 Å². The third-order valence-corrected chi connectivity index (χ3v) is 3.65. The third kappa shape index (κ3) is 3.66. The van der Waals surface area contributed by atoms with Crippen LogP contribution in [0.1, 0.15) is 58.9 Å². The molecule has 0 radical (unpaired) electrons. The van der Waals surface area contributed by atoms with E-state index in [0.717, 1.165) is 35.3 Å². The highest BCUT2D eigenvalue weighted by molar-refractivity contribution is 6.05. The van der Waals surface area contributed by atoms with Crippen LogP contribution in [0.25, 0.3) is 16.8 Å². The summed E-state index contributed by atoms with van der Waals surface area (Å²) in [6, 6.07) is 9.57. The van der Waals surface area contributed by atoms with Crippen LogP contribution < -0.4 is 0 Å². The van der Waals surface area contributed by atoms with Gasteiger partial charge in [-0.2, -0.15) is 0 Å². The number of rotatable bonds is 7. The van der Waals surface area contributed by atoms with Gasteiger partial charge in [0.15, 0.2) is 12.6 Å². The lowest BCUT2D eigenvalue weighted by molar-refractivity contribution is 0.109. The maximum absolute atomic E-state index is 11.3. The first-order valence-electron chi connectivity index (χ1n) is 7.43. The first kappa shape index (κ1) is 15.2. The lowest BCUT2D eigenvalue weighted by atomic mass is 9.98. The van der Waals surface area contributed by atoms with Crippen molar-refractivity contribution >= 4 is 29.4 Å². The van der Waals surface area contributed by atoms with Gasteiger partial charge in [-0.15, -0.1) is 0 Å². The van der Waals surface area contributed by atoms with Crippen molar-refractivity contribution in [1.29, 1.82) is 0 Å². The van der Waals surface area contributed by atoms with Crippen molar-refractivity contribution in [3.8, 4) is 0 Å². The second kappa shape index (κ2) is 7.53. The van der Waals surface area contributed by atoms with Gasteiger partial charge in [0.2, 0.25) is 0 Å². The number of aldehydes is 2. The van der Waals surface area contributed by atoms with E-state index in [-0.39, 0.29) is 0 Å². The van der Waals surface area contributed by atoms with E-state index in [1.807, 2.05) is 24.3 Å². The highest BCUT2D eigenvalue weighted by Gasteiger charge is 2.06. The predicted octanol–water partition coefficient (Wildman–Crippen LogP) is 5.06. The topological polar surface area (TPSA) is 34.1 Å². The SMILES string of the molecule is CCCCCC=Cc1ccc2ccc(C=O)c(C=O)c2c1. The van der Waals surface area contributed by atoms with E-state index < -0.39 is 0 Å². The van der Waals surface area contributed by atoms with Crippen LogP contribution in [0.15, 0.2) is 36.4 Å². The number of benzene rings is 2. The molecule has 0 amide bonds. The van der Waals surface area contributed by atoms with Crippen molar-refractivity contribution in [2.75, 3.05) is 0 Å². The van der Waals surface area contributed by atoms with Gasteiger partial charge >= 0.3 is 0 Å². The molecule has 0 atom stereocenters. The molecule has 21 heavy (non-hydrogen) atoms. The second-order valence-electron chi connectivity index (χ2n) is 5.18. The first-order chi connectivity index (χ1) is 10.3. The molecule has 0 aromatic heterocycles. The number of carbonyl (C=O) groups is 2. The lowest BCUT2D eigenvalue weighted by Crippen LogP contribution is -1.92. The van der Waals surface area contributed by atoms with E-state index in [4.69, 9.17) is 0 Å². The average Bonchev–Trinajstić information content (AvgIpc) is 2.53. The Morgan fingerprint density at radius 3 is 2.52 bits per heavy atom. The molecule has 0 saturated heterocycles. The van der Waals surface area contributed by atoms with E-state index in [9.17, 15) is 9.59 Å². The molecular formula is C19H20O2. The van der Waals surface area contributed by atoms with Crippen LogP contribution in [0, 0.1) is 0 Å². The van der Waals surface area contributed by atoms with Crippen molar-refractivity contribution in [3.63, 3.8) is 0 Å². The first-order valence-corrected chi connectivity index (χ1v) is 7.43. The molecule has 0 fully saturated rings. The monoisotopic (exact) mass is 280 g/mol. The molecule has 0 N–H and O–H groups in total. The standard InChI is InChI=1S/C19H20O2/c1-2-3-4-5-6-7-15-8-9-16-10-11-17(13-20)19(14-21)18(16)12-15/h6-14H,2-5H2,1H3. The van der Waals surface area contributed by atoms with Gasteiger partial charge in [-0.05, 0) is 35.2 Å².